The number of halogens is 1. The van der Waals surface area contributed by atoms with Crippen molar-refractivity contribution in [1.29, 1.82) is 0 Å². The number of furan rings is 1. The van der Waals surface area contributed by atoms with Crippen LogP contribution in [-0.4, -0.2) is 23.0 Å². The normalized spacial score (nSPS) is 12.2. The minimum absolute atomic E-state index is 0.202. The number of nitrogens with one attached hydrogen (secondary N) is 1. The van der Waals surface area contributed by atoms with Crippen molar-refractivity contribution in [2.24, 2.45) is 0 Å². The number of fused-ring (bicyclic) bond motifs is 2. The summed E-state index contributed by atoms with van der Waals surface area (Å²) in [4.78, 5) is 36.5. The number of amides is 1. The molecule has 2 aromatic carbocycles. The molecule has 0 bridgehead atoms. The lowest BCUT2D eigenvalue weighted by Gasteiger charge is -2.14. The second-order valence-electron chi connectivity index (χ2n) is 7.92. The summed E-state index contributed by atoms with van der Waals surface area (Å²) >= 11 is 3.44. The van der Waals surface area contributed by atoms with Gasteiger partial charge < -0.3 is 19.3 Å². The largest absolute Gasteiger partial charge is 0.480 e. The summed E-state index contributed by atoms with van der Waals surface area (Å²) in [5, 5.41) is 13.3. The van der Waals surface area contributed by atoms with Crippen LogP contribution in [0.25, 0.3) is 33.1 Å². The maximum atomic E-state index is 12.6. The van der Waals surface area contributed by atoms with Crippen LogP contribution in [0.3, 0.4) is 0 Å². The van der Waals surface area contributed by atoms with Gasteiger partial charge in [-0.05, 0) is 42.7 Å². The van der Waals surface area contributed by atoms with Gasteiger partial charge in [0.05, 0.1) is 18.2 Å². The Bertz CT molecular complexity index is 1420. The molecule has 2 aromatic heterocycles. The topological polar surface area (TPSA) is 110 Å². The molecular formula is C25H22BrNO6. The third-order valence-corrected chi connectivity index (χ3v) is 6.21. The number of aryl methyl sites for hydroxylation is 1. The first-order valence-corrected chi connectivity index (χ1v) is 11.3. The molecular weight excluding hydrogens is 490 g/mol. The molecule has 0 aliphatic heterocycles. The predicted octanol–water partition coefficient (Wildman–Crippen LogP) is 5.19. The number of aliphatic carboxylic acids is 1. The van der Waals surface area contributed by atoms with Gasteiger partial charge in [-0.2, -0.15) is 0 Å². The number of hydrogen-bond acceptors (Lipinski definition) is 5. The Morgan fingerprint density at radius 2 is 1.85 bits per heavy atom. The van der Waals surface area contributed by atoms with Crippen molar-refractivity contribution < 1.29 is 23.5 Å². The minimum atomic E-state index is -1.10. The lowest BCUT2D eigenvalue weighted by molar-refractivity contribution is -0.141. The number of carboxylic acids is 1. The monoisotopic (exact) mass is 511 g/mol. The van der Waals surface area contributed by atoms with E-state index in [9.17, 15) is 19.5 Å². The first-order valence-electron chi connectivity index (χ1n) is 10.5. The Balaban J connectivity index is 1.74. The van der Waals surface area contributed by atoms with Crippen molar-refractivity contribution >= 4 is 49.7 Å². The molecule has 0 spiro atoms. The fourth-order valence-electron chi connectivity index (χ4n) is 3.92. The second kappa shape index (κ2) is 9.23. The summed E-state index contributed by atoms with van der Waals surface area (Å²) in [5.41, 5.74) is 3.00. The quantitative estimate of drug-likeness (QED) is 0.330. The average molecular weight is 512 g/mol. The van der Waals surface area contributed by atoms with Crippen molar-refractivity contribution in [3.05, 3.63) is 68.7 Å². The maximum absolute atomic E-state index is 12.6. The van der Waals surface area contributed by atoms with Crippen molar-refractivity contribution in [1.82, 2.24) is 5.32 Å². The predicted molar refractivity (Wildman–Crippen MR) is 128 cm³/mol. The van der Waals surface area contributed by atoms with Gasteiger partial charge in [-0.15, -0.1) is 0 Å². The number of rotatable bonds is 7. The smallest absolute Gasteiger partial charge is 0.340 e. The second-order valence-corrected chi connectivity index (χ2v) is 8.83. The molecule has 0 radical (unpaired) electrons. The third kappa shape index (κ3) is 4.57. The van der Waals surface area contributed by atoms with Gasteiger partial charge in [-0.1, -0.05) is 41.4 Å². The molecule has 4 aromatic rings. The van der Waals surface area contributed by atoms with Crippen LogP contribution in [-0.2, 0) is 16.0 Å². The van der Waals surface area contributed by atoms with Crippen molar-refractivity contribution in [3.63, 3.8) is 0 Å². The molecule has 1 amide bonds. The molecule has 2 heterocycles. The van der Waals surface area contributed by atoms with Crippen LogP contribution >= 0.6 is 15.9 Å². The lowest BCUT2D eigenvalue weighted by Crippen LogP contribution is -2.41. The fraction of sp³-hybridized carbons (Fsp3) is 0.240. The zero-order valence-corrected chi connectivity index (χ0v) is 19.7. The van der Waals surface area contributed by atoms with Crippen LogP contribution in [0.4, 0.5) is 0 Å². The first kappa shape index (κ1) is 22.8. The van der Waals surface area contributed by atoms with E-state index in [0.717, 1.165) is 21.0 Å². The number of benzene rings is 2. The van der Waals surface area contributed by atoms with Gasteiger partial charge in [0, 0.05) is 26.9 Å². The molecule has 4 rings (SSSR count). The Morgan fingerprint density at radius 3 is 2.52 bits per heavy atom. The van der Waals surface area contributed by atoms with Gasteiger partial charge in [0.1, 0.15) is 17.2 Å². The molecule has 7 nitrogen and oxygen atoms in total. The highest BCUT2D eigenvalue weighted by molar-refractivity contribution is 9.10. The van der Waals surface area contributed by atoms with Gasteiger partial charge in [0.15, 0.2) is 0 Å². The van der Waals surface area contributed by atoms with Gasteiger partial charge >= 0.3 is 11.6 Å². The third-order valence-electron chi connectivity index (χ3n) is 5.68. The van der Waals surface area contributed by atoms with E-state index in [1.807, 2.05) is 37.3 Å². The zero-order chi connectivity index (χ0) is 23.7. The Kier molecular flexibility index (Phi) is 6.37. The molecule has 0 saturated carbocycles. The fourth-order valence-corrected chi connectivity index (χ4v) is 4.18. The minimum Gasteiger partial charge on any atom is -0.480 e. The van der Waals surface area contributed by atoms with Crippen LogP contribution in [0, 0.1) is 6.92 Å². The van der Waals surface area contributed by atoms with Crippen LogP contribution < -0.4 is 10.9 Å². The summed E-state index contributed by atoms with van der Waals surface area (Å²) in [7, 11) is 0. The van der Waals surface area contributed by atoms with E-state index in [0.29, 0.717) is 35.0 Å². The SMILES string of the molecule is CCC[C@@H](NC(=O)Cc1c(C)c2cc3c(-c4ccc(Br)cc4)coc3cc2oc1=O)C(=O)O. The summed E-state index contributed by atoms with van der Waals surface area (Å²) in [6, 6.07) is 10.4. The average Bonchev–Trinajstić information content (AvgIpc) is 3.18. The summed E-state index contributed by atoms with van der Waals surface area (Å²) < 4.78 is 12.2. The van der Waals surface area contributed by atoms with Crippen molar-refractivity contribution in [3.8, 4) is 11.1 Å². The highest BCUT2D eigenvalue weighted by Gasteiger charge is 2.22. The van der Waals surface area contributed by atoms with E-state index in [4.69, 9.17) is 8.83 Å². The Morgan fingerprint density at radius 1 is 1.12 bits per heavy atom. The van der Waals surface area contributed by atoms with Crippen LogP contribution in [0.5, 0.6) is 0 Å². The van der Waals surface area contributed by atoms with Crippen LogP contribution in [0.2, 0.25) is 0 Å². The molecule has 0 unspecified atom stereocenters. The summed E-state index contributed by atoms with van der Waals surface area (Å²) in [6.45, 7) is 3.59. The van der Waals surface area contributed by atoms with Gasteiger partial charge in [0.2, 0.25) is 5.91 Å². The van der Waals surface area contributed by atoms with Gasteiger partial charge in [-0.3, -0.25) is 4.79 Å². The molecule has 33 heavy (non-hydrogen) atoms. The van der Waals surface area contributed by atoms with E-state index in [-0.39, 0.29) is 12.0 Å². The van der Waals surface area contributed by atoms with E-state index in [1.165, 1.54) is 0 Å². The Labute approximate surface area is 197 Å². The highest BCUT2D eigenvalue weighted by atomic mass is 79.9. The van der Waals surface area contributed by atoms with E-state index in [1.54, 1.807) is 19.3 Å². The van der Waals surface area contributed by atoms with Crippen molar-refractivity contribution in [2.45, 2.75) is 39.2 Å². The van der Waals surface area contributed by atoms with E-state index < -0.39 is 23.5 Å². The Hall–Kier alpha value is -3.39. The number of carboxylic acid groups (broad SMARTS) is 1. The van der Waals surface area contributed by atoms with Gasteiger partial charge in [-0.25, -0.2) is 9.59 Å². The highest BCUT2D eigenvalue weighted by Crippen LogP contribution is 2.35. The number of carbonyl (C=O) groups is 2. The number of hydrogen-bond donors (Lipinski definition) is 2. The summed E-state index contributed by atoms with van der Waals surface area (Å²) in [5.74, 6) is -1.64. The molecule has 0 saturated heterocycles. The summed E-state index contributed by atoms with van der Waals surface area (Å²) in [6.07, 6.45) is 2.31. The van der Waals surface area contributed by atoms with Gasteiger partial charge in [0.25, 0.3) is 0 Å². The molecule has 0 aliphatic carbocycles. The molecule has 2 N–H and O–H groups in total. The number of carbonyl (C=O) groups excluding carboxylic acids is 1. The van der Waals surface area contributed by atoms with E-state index >= 15 is 0 Å². The maximum Gasteiger partial charge on any atom is 0.340 e. The standard InChI is InChI=1S/C25H22BrNO6/c1-3-4-20(24(29)30)27-23(28)10-17-13(2)16-9-18-19(14-5-7-15(26)8-6-14)12-32-21(18)11-22(16)33-25(17)31/h5-9,11-12,20H,3-4,10H2,1-2H3,(H,27,28)(H,29,30)/t20-/m1/s1. The van der Waals surface area contributed by atoms with Crippen molar-refractivity contribution in [2.75, 3.05) is 0 Å². The van der Waals surface area contributed by atoms with Crippen LogP contribution in [0.15, 0.2) is 60.8 Å². The lowest BCUT2D eigenvalue weighted by atomic mass is 9.99. The van der Waals surface area contributed by atoms with Crippen LogP contribution in [0.1, 0.15) is 30.9 Å². The molecule has 170 valence electrons. The molecule has 0 fully saturated rings. The van der Waals surface area contributed by atoms with E-state index in [2.05, 4.69) is 21.2 Å². The zero-order valence-electron chi connectivity index (χ0n) is 18.1. The molecule has 8 heteroatoms. The molecule has 0 aliphatic rings. The molecule has 1 atom stereocenters. The first-order chi connectivity index (χ1) is 15.8.